The van der Waals surface area contributed by atoms with Crippen LogP contribution in [0.2, 0.25) is 0 Å². The molecule has 0 aromatic rings. The molecule has 1 saturated heterocycles. The van der Waals surface area contributed by atoms with Gasteiger partial charge in [-0.1, -0.05) is 13.8 Å². The van der Waals surface area contributed by atoms with Crippen LogP contribution in [0.3, 0.4) is 0 Å². The van der Waals surface area contributed by atoms with Crippen molar-refractivity contribution in [2.75, 3.05) is 19.6 Å². The van der Waals surface area contributed by atoms with Crippen LogP contribution >= 0.6 is 0 Å². The van der Waals surface area contributed by atoms with Gasteiger partial charge in [-0.2, -0.15) is 0 Å². The van der Waals surface area contributed by atoms with Gasteiger partial charge in [0, 0.05) is 12.6 Å². The highest BCUT2D eigenvalue weighted by molar-refractivity contribution is 5.76. The number of carbonyl (C=O) groups is 2. The molecule has 6 nitrogen and oxygen atoms in total. The van der Waals surface area contributed by atoms with Gasteiger partial charge in [0.2, 0.25) is 0 Å². The van der Waals surface area contributed by atoms with E-state index in [1.54, 1.807) is 0 Å². The van der Waals surface area contributed by atoms with Gasteiger partial charge >= 0.3 is 12.0 Å². The molecule has 6 heteroatoms. The van der Waals surface area contributed by atoms with Crippen molar-refractivity contribution >= 4 is 12.0 Å². The molecule has 1 atom stereocenters. The smallest absolute Gasteiger partial charge is 0.315 e. The third-order valence-corrected chi connectivity index (χ3v) is 3.28. The molecule has 1 aliphatic rings. The van der Waals surface area contributed by atoms with E-state index in [1.807, 2.05) is 13.8 Å². The fourth-order valence-corrected chi connectivity index (χ4v) is 2.01. The topological polar surface area (TPSA) is 90.5 Å². The number of piperidine rings is 1. The van der Waals surface area contributed by atoms with Crippen LogP contribution in [-0.2, 0) is 4.79 Å². The summed E-state index contributed by atoms with van der Waals surface area (Å²) in [6, 6.07) is -0.0811. The Morgan fingerprint density at radius 2 is 1.94 bits per heavy atom. The quantitative estimate of drug-likeness (QED) is 0.573. The Morgan fingerprint density at radius 3 is 2.44 bits per heavy atom. The maximum atomic E-state index is 11.6. The van der Waals surface area contributed by atoms with E-state index in [2.05, 4.69) is 16.0 Å². The molecule has 0 aromatic heterocycles. The zero-order chi connectivity index (χ0) is 13.5. The van der Waals surface area contributed by atoms with E-state index >= 15 is 0 Å². The molecule has 18 heavy (non-hydrogen) atoms. The normalized spacial score (nSPS) is 18.4. The third-order valence-electron chi connectivity index (χ3n) is 3.28. The van der Waals surface area contributed by atoms with E-state index < -0.39 is 11.9 Å². The van der Waals surface area contributed by atoms with Crippen molar-refractivity contribution in [3.63, 3.8) is 0 Å². The van der Waals surface area contributed by atoms with Crippen molar-refractivity contribution in [2.45, 2.75) is 32.7 Å². The van der Waals surface area contributed by atoms with Crippen LogP contribution in [0.1, 0.15) is 26.7 Å². The van der Waals surface area contributed by atoms with Gasteiger partial charge in [0.05, 0.1) is 5.92 Å². The molecular weight excluding hydrogens is 234 g/mol. The first-order valence-electron chi connectivity index (χ1n) is 6.48. The summed E-state index contributed by atoms with van der Waals surface area (Å²) in [5, 5.41) is 17.7. The number of carboxylic acids is 1. The fourth-order valence-electron chi connectivity index (χ4n) is 2.01. The molecule has 2 amide bonds. The van der Waals surface area contributed by atoms with Gasteiger partial charge in [0.1, 0.15) is 0 Å². The molecular formula is C12H23N3O3. The summed E-state index contributed by atoms with van der Waals surface area (Å²) >= 11 is 0. The number of amides is 2. The molecule has 0 saturated carbocycles. The molecule has 0 spiro atoms. The summed E-state index contributed by atoms with van der Waals surface area (Å²) in [6.07, 6.45) is 1.83. The zero-order valence-corrected chi connectivity index (χ0v) is 11.0. The monoisotopic (exact) mass is 257 g/mol. The molecule has 1 heterocycles. The number of hydrogen-bond donors (Lipinski definition) is 4. The summed E-state index contributed by atoms with van der Waals surface area (Å²) in [5.41, 5.74) is 0. The van der Waals surface area contributed by atoms with Crippen LogP contribution in [0.15, 0.2) is 0 Å². The number of aliphatic carboxylic acids is 1. The summed E-state index contributed by atoms with van der Waals surface area (Å²) in [6.45, 7) is 5.67. The largest absolute Gasteiger partial charge is 0.481 e. The first-order valence-corrected chi connectivity index (χ1v) is 6.48. The maximum Gasteiger partial charge on any atom is 0.315 e. The minimum absolute atomic E-state index is 0.00156. The highest BCUT2D eigenvalue weighted by atomic mass is 16.4. The summed E-state index contributed by atoms with van der Waals surface area (Å²) in [5.74, 6) is -1.40. The number of hydrogen-bond acceptors (Lipinski definition) is 3. The molecule has 0 bridgehead atoms. The fraction of sp³-hybridized carbons (Fsp3) is 0.833. The zero-order valence-electron chi connectivity index (χ0n) is 11.0. The lowest BCUT2D eigenvalue weighted by atomic mass is 9.96. The van der Waals surface area contributed by atoms with Gasteiger partial charge in [-0.05, 0) is 31.8 Å². The standard InChI is InChI=1S/C12H23N3O3/c1-8(2)10(11(16)17)7-14-12(18)15-9-3-5-13-6-4-9/h8-10,13H,3-7H2,1-2H3,(H,16,17)(H2,14,15,18). The van der Waals surface area contributed by atoms with Gasteiger partial charge < -0.3 is 21.1 Å². The SMILES string of the molecule is CC(C)C(CNC(=O)NC1CCNCC1)C(=O)O. The van der Waals surface area contributed by atoms with Crippen molar-refractivity contribution in [3.8, 4) is 0 Å². The van der Waals surface area contributed by atoms with E-state index in [9.17, 15) is 9.59 Å². The van der Waals surface area contributed by atoms with E-state index in [1.165, 1.54) is 0 Å². The van der Waals surface area contributed by atoms with Crippen LogP contribution in [0.5, 0.6) is 0 Å². The average Bonchev–Trinajstić information content (AvgIpc) is 2.29. The Hall–Kier alpha value is -1.30. The summed E-state index contributed by atoms with van der Waals surface area (Å²) in [7, 11) is 0. The van der Waals surface area contributed by atoms with Gasteiger partial charge in [-0.25, -0.2) is 4.79 Å². The Bertz CT molecular complexity index is 288. The Balaban J connectivity index is 2.28. The van der Waals surface area contributed by atoms with Crippen LogP contribution in [-0.4, -0.2) is 42.8 Å². The van der Waals surface area contributed by atoms with Crippen LogP contribution in [0, 0.1) is 11.8 Å². The predicted octanol–water partition coefficient (Wildman–Crippen LogP) is 0.394. The van der Waals surface area contributed by atoms with Crippen LogP contribution < -0.4 is 16.0 Å². The molecule has 1 unspecified atom stereocenters. The molecule has 0 aromatic carbocycles. The first kappa shape index (κ1) is 14.8. The second kappa shape index (κ2) is 7.20. The lowest BCUT2D eigenvalue weighted by Crippen LogP contribution is -2.48. The molecule has 1 fully saturated rings. The maximum absolute atomic E-state index is 11.6. The number of urea groups is 1. The Labute approximate surface area is 108 Å². The second-order valence-electron chi connectivity index (χ2n) is 5.07. The highest BCUT2D eigenvalue weighted by Gasteiger charge is 2.22. The molecule has 0 radical (unpaired) electrons. The molecule has 0 aliphatic carbocycles. The van der Waals surface area contributed by atoms with E-state index in [4.69, 9.17) is 5.11 Å². The summed E-state index contributed by atoms with van der Waals surface area (Å²) < 4.78 is 0. The van der Waals surface area contributed by atoms with Crippen molar-refractivity contribution in [1.82, 2.24) is 16.0 Å². The van der Waals surface area contributed by atoms with Crippen LogP contribution in [0.4, 0.5) is 4.79 Å². The van der Waals surface area contributed by atoms with Crippen molar-refractivity contribution in [2.24, 2.45) is 11.8 Å². The minimum atomic E-state index is -0.868. The third kappa shape index (κ3) is 4.91. The van der Waals surface area contributed by atoms with Gasteiger partial charge in [-0.3, -0.25) is 4.79 Å². The highest BCUT2D eigenvalue weighted by Crippen LogP contribution is 2.09. The average molecular weight is 257 g/mol. The number of rotatable bonds is 5. The van der Waals surface area contributed by atoms with Gasteiger partial charge in [0.25, 0.3) is 0 Å². The number of carbonyl (C=O) groups excluding carboxylic acids is 1. The molecule has 1 aliphatic heterocycles. The van der Waals surface area contributed by atoms with Gasteiger partial charge in [-0.15, -0.1) is 0 Å². The Kier molecular flexibility index (Phi) is 5.91. The van der Waals surface area contributed by atoms with Gasteiger partial charge in [0.15, 0.2) is 0 Å². The predicted molar refractivity (Wildman–Crippen MR) is 68.4 cm³/mol. The van der Waals surface area contributed by atoms with E-state index in [0.29, 0.717) is 0 Å². The summed E-state index contributed by atoms with van der Waals surface area (Å²) in [4.78, 5) is 22.6. The van der Waals surface area contributed by atoms with Crippen LogP contribution in [0.25, 0.3) is 0 Å². The molecule has 104 valence electrons. The van der Waals surface area contributed by atoms with Crippen molar-refractivity contribution in [3.05, 3.63) is 0 Å². The lowest BCUT2D eigenvalue weighted by molar-refractivity contribution is -0.142. The molecule has 1 rings (SSSR count). The van der Waals surface area contributed by atoms with Crippen molar-refractivity contribution < 1.29 is 14.7 Å². The number of nitrogens with one attached hydrogen (secondary N) is 3. The first-order chi connectivity index (χ1) is 8.50. The minimum Gasteiger partial charge on any atom is -0.481 e. The van der Waals surface area contributed by atoms with E-state index in [-0.39, 0.29) is 24.5 Å². The second-order valence-corrected chi connectivity index (χ2v) is 5.07. The molecule has 4 N–H and O–H groups in total. The lowest BCUT2D eigenvalue weighted by Gasteiger charge is -2.24. The number of carboxylic acid groups (broad SMARTS) is 1. The Morgan fingerprint density at radius 1 is 1.33 bits per heavy atom. The van der Waals surface area contributed by atoms with E-state index in [0.717, 1.165) is 25.9 Å². The van der Waals surface area contributed by atoms with Crippen molar-refractivity contribution in [1.29, 1.82) is 0 Å².